The minimum absolute atomic E-state index is 0.00406. The lowest BCUT2D eigenvalue weighted by atomic mass is 10.1. The van der Waals surface area contributed by atoms with Crippen LogP contribution in [0.25, 0.3) is 0 Å². The molecule has 7 nitrogen and oxygen atoms in total. The largest absolute Gasteiger partial charge is 0.461 e. The van der Waals surface area contributed by atoms with Crippen LogP contribution < -0.4 is 0 Å². The molecule has 1 atom stereocenters. The van der Waals surface area contributed by atoms with Crippen LogP contribution in [-0.4, -0.2) is 39.9 Å². The Morgan fingerprint density at radius 1 is 1.00 bits per heavy atom. The predicted molar refractivity (Wildman–Crippen MR) is 104 cm³/mol. The highest BCUT2D eigenvalue weighted by Gasteiger charge is 2.37. The highest BCUT2D eigenvalue weighted by Crippen LogP contribution is 2.36. The van der Waals surface area contributed by atoms with Crippen molar-refractivity contribution in [1.82, 2.24) is 14.7 Å². The number of amides is 1. The summed E-state index contributed by atoms with van der Waals surface area (Å²) in [6, 6.07) is 2.48. The highest BCUT2D eigenvalue weighted by molar-refractivity contribution is 5.87. The van der Waals surface area contributed by atoms with Gasteiger partial charge in [0.15, 0.2) is 5.69 Å². The summed E-state index contributed by atoms with van der Waals surface area (Å²) in [4.78, 5) is 25.8. The summed E-state index contributed by atoms with van der Waals surface area (Å²) in [6.07, 6.45) is -10.9. The van der Waals surface area contributed by atoms with Gasteiger partial charge in [-0.2, -0.15) is 31.4 Å². The third-order valence-corrected chi connectivity index (χ3v) is 4.99. The summed E-state index contributed by atoms with van der Waals surface area (Å²) in [6.45, 7) is 3.37. The van der Waals surface area contributed by atoms with Crippen LogP contribution in [0.3, 0.4) is 0 Å². The van der Waals surface area contributed by atoms with Crippen LogP contribution in [0.4, 0.5) is 31.1 Å². The molecule has 0 spiro atoms. The number of rotatable bonds is 4. The van der Waals surface area contributed by atoms with Crippen LogP contribution in [0.1, 0.15) is 46.7 Å². The first-order valence-electron chi connectivity index (χ1n) is 10.2. The molecule has 3 rings (SSSR count). The summed E-state index contributed by atoms with van der Waals surface area (Å²) >= 11 is 0. The molecule has 0 aliphatic carbocycles. The Hall–Kier alpha value is -3.25. The van der Waals surface area contributed by atoms with E-state index in [1.54, 1.807) is 11.6 Å². The third kappa shape index (κ3) is 6.00. The molecule has 1 amide bonds. The van der Waals surface area contributed by atoms with E-state index in [4.69, 9.17) is 9.47 Å². The van der Waals surface area contributed by atoms with E-state index in [0.717, 1.165) is 0 Å². The van der Waals surface area contributed by atoms with E-state index in [9.17, 15) is 35.9 Å². The number of alkyl halides is 6. The molecule has 1 aromatic heterocycles. The molecule has 2 heterocycles. The normalized spacial score (nSPS) is 16.6. The molecule has 0 radical (unpaired) electrons. The van der Waals surface area contributed by atoms with Crippen LogP contribution in [0.5, 0.6) is 0 Å². The summed E-state index contributed by atoms with van der Waals surface area (Å²) in [5.74, 6) is -0.760. The lowest BCUT2D eigenvalue weighted by molar-refractivity contribution is -0.143. The Kier molecular flexibility index (Phi) is 7.13. The van der Waals surface area contributed by atoms with Crippen molar-refractivity contribution in [3.63, 3.8) is 0 Å². The fourth-order valence-electron chi connectivity index (χ4n) is 3.51. The molecule has 13 heteroatoms. The molecule has 34 heavy (non-hydrogen) atoms. The Labute approximate surface area is 190 Å². The van der Waals surface area contributed by atoms with Crippen LogP contribution in [0, 0.1) is 5.92 Å². The van der Waals surface area contributed by atoms with Gasteiger partial charge in [0.25, 0.3) is 0 Å². The topological polar surface area (TPSA) is 73.7 Å². The summed E-state index contributed by atoms with van der Waals surface area (Å²) in [5.41, 5.74) is -2.88. The van der Waals surface area contributed by atoms with Crippen LogP contribution in [-0.2, 0) is 41.5 Å². The van der Waals surface area contributed by atoms with Gasteiger partial charge in [0.1, 0.15) is 6.61 Å². The second-order valence-electron chi connectivity index (χ2n) is 7.88. The van der Waals surface area contributed by atoms with Crippen molar-refractivity contribution in [2.45, 2.75) is 45.9 Å². The third-order valence-electron chi connectivity index (χ3n) is 4.99. The minimum atomic E-state index is -5.00. The molecule has 186 valence electrons. The molecular weight excluding hydrogens is 472 g/mol. The van der Waals surface area contributed by atoms with Gasteiger partial charge in [0.05, 0.1) is 30.0 Å². The minimum Gasteiger partial charge on any atom is -0.461 e. The average molecular weight is 493 g/mol. The van der Waals surface area contributed by atoms with Gasteiger partial charge in [-0.1, -0.05) is 6.92 Å². The number of fused-ring (bicyclic) bond motifs is 1. The standard InChI is InChI=1S/C21H21F6N3O4/c1-3-33-18(31)17-7-16-10-29(8-12(2)9-30(16)28-17)19(32)34-11-13-4-14(20(22,23)24)6-15(5-13)21(25,26)27/h4-7,12H,3,8-11H2,1-2H3. The molecule has 0 N–H and O–H groups in total. The molecule has 2 aromatic rings. The van der Waals surface area contributed by atoms with Gasteiger partial charge >= 0.3 is 24.4 Å². The monoisotopic (exact) mass is 493 g/mol. The van der Waals surface area contributed by atoms with E-state index in [1.807, 2.05) is 6.92 Å². The fourth-order valence-corrected chi connectivity index (χ4v) is 3.51. The van der Waals surface area contributed by atoms with Gasteiger partial charge < -0.3 is 14.4 Å². The van der Waals surface area contributed by atoms with Crippen molar-refractivity contribution in [2.75, 3.05) is 13.2 Å². The van der Waals surface area contributed by atoms with E-state index in [2.05, 4.69) is 5.10 Å². The second kappa shape index (κ2) is 9.55. The maximum atomic E-state index is 13.0. The zero-order valence-electron chi connectivity index (χ0n) is 18.2. The van der Waals surface area contributed by atoms with Gasteiger partial charge in [0.2, 0.25) is 0 Å². The van der Waals surface area contributed by atoms with E-state index in [-0.39, 0.29) is 37.4 Å². The van der Waals surface area contributed by atoms with E-state index in [1.165, 1.54) is 11.0 Å². The Morgan fingerprint density at radius 2 is 1.62 bits per heavy atom. The first-order valence-corrected chi connectivity index (χ1v) is 10.2. The number of hydrogen-bond donors (Lipinski definition) is 0. The molecule has 1 aromatic carbocycles. The van der Waals surface area contributed by atoms with Crippen molar-refractivity contribution in [3.8, 4) is 0 Å². The smallest absolute Gasteiger partial charge is 0.416 e. The van der Waals surface area contributed by atoms with Gasteiger partial charge in [-0.05, 0) is 42.7 Å². The zero-order valence-corrected chi connectivity index (χ0v) is 18.2. The number of carbonyl (C=O) groups is 2. The van der Waals surface area contributed by atoms with Crippen LogP contribution >= 0.6 is 0 Å². The molecule has 0 saturated carbocycles. The molecule has 1 aliphatic heterocycles. The second-order valence-corrected chi connectivity index (χ2v) is 7.88. The van der Waals surface area contributed by atoms with Gasteiger partial charge in [-0.15, -0.1) is 0 Å². The fraction of sp³-hybridized carbons (Fsp3) is 0.476. The van der Waals surface area contributed by atoms with Crippen LogP contribution in [0.15, 0.2) is 24.3 Å². The van der Waals surface area contributed by atoms with E-state index in [0.29, 0.717) is 24.4 Å². The summed E-state index contributed by atoms with van der Waals surface area (Å²) < 4.78 is 89.7. The Balaban J connectivity index is 1.76. The maximum absolute atomic E-state index is 13.0. The summed E-state index contributed by atoms with van der Waals surface area (Å²) in [5, 5.41) is 4.18. The van der Waals surface area contributed by atoms with Crippen molar-refractivity contribution < 1.29 is 45.4 Å². The maximum Gasteiger partial charge on any atom is 0.416 e. The number of benzene rings is 1. The molecule has 1 aliphatic rings. The zero-order chi connectivity index (χ0) is 25.3. The van der Waals surface area contributed by atoms with Crippen LogP contribution in [0.2, 0.25) is 0 Å². The number of hydrogen-bond acceptors (Lipinski definition) is 5. The first kappa shape index (κ1) is 25.4. The number of carbonyl (C=O) groups excluding carboxylic acids is 2. The number of halogens is 6. The number of aromatic nitrogens is 2. The molecular formula is C21H21F6N3O4. The Morgan fingerprint density at radius 3 is 2.18 bits per heavy atom. The van der Waals surface area contributed by atoms with Crippen molar-refractivity contribution in [2.24, 2.45) is 5.92 Å². The SMILES string of the molecule is CCOC(=O)c1cc2n(n1)CC(C)CN(C(=O)OCc1cc(C(F)(F)F)cc(C(F)(F)F)c1)C2. The average Bonchev–Trinajstić information content (AvgIpc) is 3.05. The lowest BCUT2D eigenvalue weighted by Crippen LogP contribution is -2.33. The molecule has 0 fully saturated rings. The highest BCUT2D eigenvalue weighted by atomic mass is 19.4. The summed E-state index contributed by atoms with van der Waals surface area (Å²) in [7, 11) is 0. The number of nitrogens with zero attached hydrogens (tertiary/aromatic N) is 3. The first-order chi connectivity index (χ1) is 15.8. The van der Waals surface area contributed by atoms with E-state index < -0.39 is 47.7 Å². The van der Waals surface area contributed by atoms with Crippen molar-refractivity contribution >= 4 is 12.1 Å². The van der Waals surface area contributed by atoms with E-state index >= 15 is 0 Å². The van der Waals surface area contributed by atoms with Crippen molar-refractivity contribution in [3.05, 3.63) is 52.3 Å². The predicted octanol–water partition coefficient (Wildman–Crippen LogP) is 4.89. The molecule has 0 saturated heterocycles. The van der Waals surface area contributed by atoms with Gasteiger partial charge in [-0.3, -0.25) is 4.68 Å². The lowest BCUT2D eigenvalue weighted by Gasteiger charge is -2.22. The van der Waals surface area contributed by atoms with Crippen molar-refractivity contribution in [1.29, 1.82) is 0 Å². The van der Waals surface area contributed by atoms with Gasteiger partial charge in [-0.25, -0.2) is 9.59 Å². The molecule has 1 unspecified atom stereocenters. The number of ether oxygens (including phenoxy) is 2. The number of esters is 1. The Bertz CT molecular complexity index is 1030. The molecule has 0 bridgehead atoms. The van der Waals surface area contributed by atoms with Gasteiger partial charge in [0, 0.05) is 13.1 Å². The quantitative estimate of drug-likeness (QED) is 0.448.